The number of pyridine rings is 2. The number of aryl methyl sites for hydroxylation is 2. The van der Waals surface area contributed by atoms with Crippen LogP contribution in [0.1, 0.15) is 82.5 Å². The van der Waals surface area contributed by atoms with Crippen molar-refractivity contribution in [2.45, 2.75) is 91.2 Å². The van der Waals surface area contributed by atoms with Crippen LogP contribution in [0.25, 0.3) is 11.4 Å². The number of ketones is 1. The van der Waals surface area contributed by atoms with Crippen molar-refractivity contribution in [1.29, 1.82) is 0 Å². The molecule has 2 atom stereocenters. The Hall–Kier alpha value is -3.49. The van der Waals surface area contributed by atoms with E-state index in [1.54, 1.807) is 32.3 Å². The van der Waals surface area contributed by atoms with Gasteiger partial charge in [-0.15, -0.1) is 0 Å². The van der Waals surface area contributed by atoms with Crippen molar-refractivity contribution in [1.82, 2.24) is 19.9 Å². The molecular weight excluding hydrogens is 488 g/mol. The number of aromatic nitrogens is 4. The summed E-state index contributed by atoms with van der Waals surface area (Å²) in [4.78, 5) is 28.6. The number of halogens is 2. The van der Waals surface area contributed by atoms with Gasteiger partial charge in [-0.05, 0) is 55.9 Å². The Bertz CT molecular complexity index is 1190. The van der Waals surface area contributed by atoms with Gasteiger partial charge in [-0.2, -0.15) is 8.78 Å². The summed E-state index contributed by atoms with van der Waals surface area (Å²) in [6.07, 6.45) is 11.2. The molecule has 1 aliphatic heterocycles. The van der Waals surface area contributed by atoms with Gasteiger partial charge in [0.05, 0.1) is 5.69 Å². The maximum absolute atomic E-state index is 11.8. The molecule has 38 heavy (non-hydrogen) atoms. The number of carbonyl (C=O) groups is 1. The Balaban J connectivity index is 0.000000223. The van der Waals surface area contributed by atoms with E-state index in [9.17, 15) is 13.6 Å². The molecule has 3 aromatic rings. The molecule has 3 aromatic heterocycles. The van der Waals surface area contributed by atoms with Gasteiger partial charge < -0.3 is 10.1 Å². The highest BCUT2D eigenvalue weighted by molar-refractivity contribution is 5.84. The highest BCUT2D eigenvalue weighted by atomic mass is 19.3. The van der Waals surface area contributed by atoms with E-state index in [4.69, 9.17) is 4.98 Å². The van der Waals surface area contributed by atoms with Crippen molar-refractivity contribution in [2.24, 2.45) is 0 Å². The molecule has 4 rings (SSSR count). The van der Waals surface area contributed by atoms with Crippen LogP contribution in [0.4, 0.5) is 14.6 Å². The molecule has 9 heteroatoms. The van der Waals surface area contributed by atoms with Crippen molar-refractivity contribution in [3.8, 4) is 17.3 Å². The molecule has 204 valence electrons. The molecule has 0 amide bonds. The van der Waals surface area contributed by atoms with Gasteiger partial charge in [0.2, 0.25) is 5.88 Å². The molecular formula is C29H37F2N5O2. The summed E-state index contributed by atoms with van der Waals surface area (Å²) < 4.78 is 27.8. The summed E-state index contributed by atoms with van der Waals surface area (Å²) in [5.74, 6) is 1.49. The molecule has 0 aromatic carbocycles. The Labute approximate surface area is 223 Å². The predicted octanol–water partition coefficient (Wildman–Crippen LogP) is 6.92. The van der Waals surface area contributed by atoms with Crippen LogP contribution >= 0.6 is 0 Å². The smallest absolute Gasteiger partial charge is 0.388 e. The number of ether oxygens (including phenoxy) is 1. The summed E-state index contributed by atoms with van der Waals surface area (Å²) in [5, 5.41) is 3.73. The fraction of sp³-hybridized carbons (Fsp3) is 0.483. The predicted molar refractivity (Wildman–Crippen MR) is 144 cm³/mol. The van der Waals surface area contributed by atoms with Gasteiger partial charge in [0, 0.05) is 48.1 Å². The standard InChI is InChI=1S/C18H24N4.C11H13F2NO2/c1-4-8-18(5-2)9-7-14-12-15(13(3)21-16(14)22-18)17-19-10-6-11-20-17;1-3-9(15)7(2)8-4-5-10(14-6-8)16-11(12)13/h6,10-12H,4-5,7-9H2,1-3H3,(H,21,22);4-7,11H,3H2,1-2H3. The van der Waals surface area contributed by atoms with Crippen LogP contribution in [0.2, 0.25) is 0 Å². The number of hydrogen-bond donors (Lipinski definition) is 1. The number of rotatable bonds is 9. The van der Waals surface area contributed by atoms with E-state index in [2.05, 4.69) is 44.9 Å². The molecule has 1 N–H and O–H groups in total. The first-order valence-electron chi connectivity index (χ1n) is 13.2. The first-order chi connectivity index (χ1) is 18.2. The van der Waals surface area contributed by atoms with Gasteiger partial charge in [0.25, 0.3) is 0 Å². The Morgan fingerprint density at radius 3 is 2.47 bits per heavy atom. The molecule has 0 aliphatic carbocycles. The minimum absolute atomic E-state index is 0.0873. The molecule has 0 bridgehead atoms. The Morgan fingerprint density at radius 1 is 1.16 bits per heavy atom. The van der Waals surface area contributed by atoms with Gasteiger partial charge in [-0.25, -0.2) is 19.9 Å². The van der Waals surface area contributed by atoms with Crippen molar-refractivity contribution in [2.75, 3.05) is 5.32 Å². The lowest BCUT2D eigenvalue weighted by Gasteiger charge is -2.39. The number of hydrogen-bond acceptors (Lipinski definition) is 7. The maximum atomic E-state index is 11.8. The molecule has 4 heterocycles. The van der Waals surface area contributed by atoms with E-state index >= 15 is 0 Å². The minimum atomic E-state index is -2.88. The number of Topliss-reactive ketones (excluding diaryl/α,β-unsaturated/α-hetero) is 1. The first kappa shape index (κ1) is 29.1. The molecule has 0 saturated heterocycles. The van der Waals surface area contributed by atoms with E-state index < -0.39 is 6.61 Å². The van der Waals surface area contributed by atoms with E-state index in [1.165, 1.54) is 37.1 Å². The zero-order valence-electron chi connectivity index (χ0n) is 22.8. The number of alkyl halides is 2. The molecule has 0 spiro atoms. The third-order valence-corrected chi connectivity index (χ3v) is 7.06. The number of nitrogens with zero attached hydrogens (tertiary/aromatic N) is 4. The quantitative estimate of drug-likeness (QED) is 0.324. The normalized spacial score (nSPS) is 17.1. The van der Waals surface area contributed by atoms with E-state index in [-0.39, 0.29) is 23.1 Å². The molecule has 0 radical (unpaired) electrons. The SMILES string of the molecule is CCC(=O)C(C)c1ccc(OC(F)F)nc1.CCCC1(CC)CCc2cc(-c3ncccn3)c(C)nc2N1. The number of fused-ring (bicyclic) bond motifs is 1. The van der Waals surface area contributed by atoms with Crippen LogP contribution in [0, 0.1) is 6.92 Å². The van der Waals surface area contributed by atoms with Crippen LogP contribution in [0.15, 0.2) is 42.9 Å². The van der Waals surface area contributed by atoms with Crippen LogP contribution in [0.3, 0.4) is 0 Å². The lowest BCUT2D eigenvalue weighted by atomic mass is 9.81. The Kier molecular flexibility index (Phi) is 10.2. The second kappa shape index (κ2) is 13.3. The summed E-state index contributed by atoms with van der Waals surface area (Å²) in [7, 11) is 0. The van der Waals surface area contributed by atoms with Gasteiger partial charge in [0.15, 0.2) is 5.82 Å². The van der Waals surface area contributed by atoms with Crippen LogP contribution in [-0.4, -0.2) is 37.9 Å². The van der Waals surface area contributed by atoms with Gasteiger partial charge in [-0.3, -0.25) is 4.79 Å². The Morgan fingerprint density at radius 2 is 1.89 bits per heavy atom. The zero-order chi connectivity index (χ0) is 27.7. The third kappa shape index (κ3) is 7.30. The summed E-state index contributed by atoms with van der Waals surface area (Å²) >= 11 is 0. The number of anilines is 1. The van der Waals surface area contributed by atoms with Crippen LogP contribution in [0.5, 0.6) is 5.88 Å². The highest BCUT2D eigenvalue weighted by Gasteiger charge is 2.32. The summed E-state index contributed by atoms with van der Waals surface area (Å²) in [6.45, 7) is 7.22. The topological polar surface area (TPSA) is 89.9 Å². The molecule has 2 unspecified atom stereocenters. The van der Waals surface area contributed by atoms with Gasteiger partial charge >= 0.3 is 6.61 Å². The van der Waals surface area contributed by atoms with Crippen molar-refractivity contribution >= 4 is 11.6 Å². The fourth-order valence-electron chi connectivity index (χ4n) is 4.71. The zero-order valence-corrected chi connectivity index (χ0v) is 22.8. The van der Waals surface area contributed by atoms with Crippen molar-refractivity contribution < 1.29 is 18.3 Å². The average Bonchev–Trinajstić information content (AvgIpc) is 2.93. The lowest BCUT2D eigenvalue weighted by Crippen LogP contribution is -2.41. The van der Waals surface area contributed by atoms with E-state index in [1.807, 2.05) is 13.0 Å². The summed E-state index contributed by atoms with van der Waals surface area (Å²) in [6, 6.07) is 6.96. The average molecular weight is 526 g/mol. The van der Waals surface area contributed by atoms with Crippen molar-refractivity contribution in [3.05, 3.63) is 59.7 Å². The minimum Gasteiger partial charge on any atom is -0.417 e. The van der Waals surface area contributed by atoms with Crippen LogP contribution < -0.4 is 10.1 Å². The second-order valence-electron chi connectivity index (χ2n) is 9.56. The molecule has 7 nitrogen and oxygen atoms in total. The first-order valence-corrected chi connectivity index (χ1v) is 13.2. The molecule has 0 saturated carbocycles. The molecule has 1 aliphatic rings. The van der Waals surface area contributed by atoms with Crippen molar-refractivity contribution in [3.63, 3.8) is 0 Å². The largest absolute Gasteiger partial charge is 0.417 e. The number of carbonyl (C=O) groups excluding carboxylic acids is 1. The van der Waals surface area contributed by atoms with E-state index in [0.717, 1.165) is 35.7 Å². The fourth-order valence-corrected chi connectivity index (χ4v) is 4.71. The maximum Gasteiger partial charge on any atom is 0.388 e. The number of nitrogens with one attached hydrogen (secondary N) is 1. The van der Waals surface area contributed by atoms with Gasteiger partial charge in [0.1, 0.15) is 11.6 Å². The monoisotopic (exact) mass is 525 g/mol. The second-order valence-corrected chi connectivity index (χ2v) is 9.56. The van der Waals surface area contributed by atoms with Crippen LogP contribution in [-0.2, 0) is 11.2 Å². The lowest BCUT2D eigenvalue weighted by molar-refractivity contribution is -0.119. The summed E-state index contributed by atoms with van der Waals surface area (Å²) in [5.41, 5.74) is 4.23. The highest BCUT2D eigenvalue weighted by Crippen LogP contribution is 2.36. The molecule has 0 fully saturated rings. The third-order valence-electron chi connectivity index (χ3n) is 7.06. The van der Waals surface area contributed by atoms with E-state index in [0.29, 0.717) is 12.0 Å². The van der Waals surface area contributed by atoms with Gasteiger partial charge in [-0.1, -0.05) is 40.2 Å².